The minimum Gasteiger partial charge on any atom is -0.392 e. The number of urea groups is 1. The first-order valence-corrected chi connectivity index (χ1v) is 5.68. The Morgan fingerprint density at radius 1 is 1.37 bits per heavy atom. The van der Waals surface area contributed by atoms with Gasteiger partial charge >= 0.3 is 6.03 Å². The van der Waals surface area contributed by atoms with E-state index in [-0.39, 0.29) is 19.7 Å². The highest BCUT2D eigenvalue weighted by atomic mass is 16.3. The molecule has 4 amide bonds. The fourth-order valence-electron chi connectivity index (χ4n) is 1.73. The zero-order valence-electron chi connectivity index (χ0n) is 10.0. The molecular formula is C12H13N3O4. The van der Waals surface area contributed by atoms with Gasteiger partial charge in [0.05, 0.1) is 13.2 Å². The molecule has 0 saturated carbocycles. The van der Waals surface area contributed by atoms with Crippen molar-refractivity contribution in [1.29, 1.82) is 0 Å². The van der Waals surface area contributed by atoms with Gasteiger partial charge in [-0.2, -0.15) is 0 Å². The Morgan fingerprint density at radius 3 is 2.74 bits per heavy atom. The number of aliphatic hydroxyl groups is 1. The molecule has 0 radical (unpaired) electrons. The molecule has 1 aromatic rings. The number of nitrogens with one attached hydrogen (secondary N) is 2. The molecule has 1 fully saturated rings. The van der Waals surface area contributed by atoms with Crippen molar-refractivity contribution in [1.82, 2.24) is 10.2 Å². The van der Waals surface area contributed by atoms with Gasteiger partial charge in [0.1, 0.15) is 6.54 Å². The van der Waals surface area contributed by atoms with Gasteiger partial charge in [0, 0.05) is 11.3 Å². The molecule has 0 unspecified atom stereocenters. The SMILES string of the molecule is O=C(CN1C(=O)CNC1=O)Nc1ccccc1CO. The van der Waals surface area contributed by atoms with Crippen molar-refractivity contribution < 1.29 is 19.5 Å². The molecular weight excluding hydrogens is 250 g/mol. The summed E-state index contributed by atoms with van der Waals surface area (Å²) in [5, 5.41) is 14.0. The highest BCUT2D eigenvalue weighted by Gasteiger charge is 2.30. The number of nitrogens with zero attached hydrogens (tertiary/aromatic N) is 1. The van der Waals surface area contributed by atoms with Crippen LogP contribution in [-0.2, 0) is 16.2 Å². The minimum atomic E-state index is -0.574. The first-order chi connectivity index (χ1) is 9.11. The molecule has 0 aromatic heterocycles. The van der Waals surface area contributed by atoms with Crippen LogP contribution in [0.2, 0.25) is 0 Å². The number of para-hydroxylation sites is 1. The Labute approximate surface area is 109 Å². The van der Waals surface area contributed by atoms with Crippen LogP contribution in [0.15, 0.2) is 24.3 Å². The molecule has 100 valence electrons. The Kier molecular flexibility index (Phi) is 3.76. The number of benzene rings is 1. The molecule has 7 heteroatoms. The van der Waals surface area contributed by atoms with Crippen molar-refractivity contribution in [3.05, 3.63) is 29.8 Å². The average Bonchev–Trinajstić information content (AvgIpc) is 2.71. The van der Waals surface area contributed by atoms with E-state index in [1.54, 1.807) is 24.3 Å². The summed E-state index contributed by atoms with van der Waals surface area (Å²) in [5.41, 5.74) is 1.02. The van der Waals surface area contributed by atoms with Gasteiger partial charge in [-0.25, -0.2) is 4.79 Å². The molecule has 19 heavy (non-hydrogen) atoms. The number of amides is 4. The molecule has 3 N–H and O–H groups in total. The first-order valence-electron chi connectivity index (χ1n) is 5.68. The van der Waals surface area contributed by atoms with E-state index in [2.05, 4.69) is 10.6 Å². The lowest BCUT2D eigenvalue weighted by molar-refractivity contribution is -0.128. The number of aliphatic hydroxyl groups excluding tert-OH is 1. The van der Waals surface area contributed by atoms with Gasteiger partial charge in [-0.3, -0.25) is 14.5 Å². The summed E-state index contributed by atoms with van der Waals surface area (Å²) >= 11 is 0. The molecule has 1 aromatic carbocycles. The topological polar surface area (TPSA) is 98.7 Å². The minimum absolute atomic E-state index is 0.0840. The third-order valence-corrected chi connectivity index (χ3v) is 2.70. The zero-order chi connectivity index (χ0) is 13.8. The van der Waals surface area contributed by atoms with Crippen LogP contribution in [0, 0.1) is 0 Å². The lowest BCUT2D eigenvalue weighted by atomic mass is 10.2. The maximum absolute atomic E-state index is 11.8. The summed E-state index contributed by atoms with van der Waals surface area (Å²) in [4.78, 5) is 35.2. The summed E-state index contributed by atoms with van der Waals surface area (Å²) in [6, 6.07) is 6.18. The lowest BCUT2D eigenvalue weighted by Crippen LogP contribution is -2.38. The molecule has 0 bridgehead atoms. The molecule has 1 heterocycles. The number of imide groups is 1. The molecule has 0 atom stereocenters. The van der Waals surface area contributed by atoms with Crippen molar-refractivity contribution >= 4 is 23.5 Å². The van der Waals surface area contributed by atoms with Crippen molar-refractivity contribution in [2.75, 3.05) is 18.4 Å². The van der Waals surface area contributed by atoms with Crippen LogP contribution in [-0.4, -0.2) is 40.9 Å². The molecule has 2 rings (SSSR count). The van der Waals surface area contributed by atoms with Crippen LogP contribution in [0.25, 0.3) is 0 Å². The van der Waals surface area contributed by atoms with Crippen molar-refractivity contribution in [2.24, 2.45) is 0 Å². The predicted octanol–water partition coefficient (Wildman–Crippen LogP) is -0.331. The van der Waals surface area contributed by atoms with Crippen molar-refractivity contribution in [3.63, 3.8) is 0 Å². The van der Waals surface area contributed by atoms with E-state index in [4.69, 9.17) is 5.11 Å². The molecule has 1 aliphatic heterocycles. The van der Waals surface area contributed by atoms with E-state index in [1.165, 1.54) is 0 Å². The summed E-state index contributed by atoms with van der Waals surface area (Å²) < 4.78 is 0. The third kappa shape index (κ3) is 2.89. The number of carbonyl (C=O) groups excluding carboxylic acids is 3. The van der Waals surface area contributed by atoms with Crippen LogP contribution >= 0.6 is 0 Å². The van der Waals surface area contributed by atoms with Crippen LogP contribution in [0.4, 0.5) is 10.5 Å². The highest BCUT2D eigenvalue weighted by molar-refractivity contribution is 6.06. The average molecular weight is 263 g/mol. The number of carbonyl (C=O) groups is 3. The van der Waals surface area contributed by atoms with Gasteiger partial charge < -0.3 is 15.7 Å². The largest absolute Gasteiger partial charge is 0.392 e. The molecule has 1 saturated heterocycles. The van der Waals surface area contributed by atoms with Gasteiger partial charge in [-0.05, 0) is 6.07 Å². The Morgan fingerprint density at radius 2 is 2.11 bits per heavy atom. The van der Waals surface area contributed by atoms with Crippen LogP contribution < -0.4 is 10.6 Å². The van der Waals surface area contributed by atoms with Crippen molar-refractivity contribution in [2.45, 2.75) is 6.61 Å². The lowest BCUT2D eigenvalue weighted by Gasteiger charge is -2.13. The van der Waals surface area contributed by atoms with E-state index < -0.39 is 17.8 Å². The third-order valence-electron chi connectivity index (χ3n) is 2.70. The second kappa shape index (κ2) is 5.49. The standard InChI is InChI=1S/C12H13N3O4/c16-7-8-3-1-2-4-9(8)14-10(17)6-15-11(18)5-13-12(15)19/h1-4,16H,5-7H2,(H,13,19)(H,14,17). The fourth-order valence-corrected chi connectivity index (χ4v) is 1.73. The summed E-state index contributed by atoms with van der Waals surface area (Å²) in [6.07, 6.45) is 0. The Balaban J connectivity index is 2.01. The second-order valence-electron chi connectivity index (χ2n) is 4.00. The van der Waals surface area contributed by atoms with Gasteiger partial charge in [-0.15, -0.1) is 0 Å². The smallest absolute Gasteiger partial charge is 0.325 e. The van der Waals surface area contributed by atoms with Gasteiger partial charge in [-0.1, -0.05) is 18.2 Å². The second-order valence-corrected chi connectivity index (χ2v) is 4.00. The monoisotopic (exact) mass is 263 g/mol. The van der Waals surface area contributed by atoms with Crippen LogP contribution in [0.3, 0.4) is 0 Å². The van der Waals surface area contributed by atoms with E-state index in [0.717, 1.165) is 4.90 Å². The molecule has 0 aliphatic carbocycles. The Hall–Kier alpha value is -2.41. The molecule has 0 spiro atoms. The van der Waals surface area contributed by atoms with Gasteiger partial charge in [0.15, 0.2) is 0 Å². The van der Waals surface area contributed by atoms with Crippen LogP contribution in [0.1, 0.15) is 5.56 Å². The number of anilines is 1. The maximum atomic E-state index is 11.8. The number of hydrogen-bond donors (Lipinski definition) is 3. The summed E-state index contributed by atoms with van der Waals surface area (Å²) in [5.74, 6) is -0.929. The number of hydrogen-bond acceptors (Lipinski definition) is 4. The van der Waals surface area contributed by atoms with E-state index in [1.807, 2.05) is 0 Å². The van der Waals surface area contributed by atoms with Crippen molar-refractivity contribution in [3.8, 4) is 0 Å². The summed E-state index contributed by atoms with van der Waals surface area (Å²) in [7, 11) is 0. The predicted molar refractivity (Wildman–Crippen MR) is 66.1 cm³/mol. The highest BCUT2D eigenvalue weighted by Crippen LogP contribution is 2.14. The normalized spacial score (nSPS) is 14.5. The Bertz CT molecular complexity index is 513. The summed E-state index contributed by atoms with van der Waals surface area (Å²) in [6.45, 7) is -0.636. The zero-order valence-corrected chi connectivity index (χ0v) is 10.0. The van der Waals surface area contributed by atoms with E-state index >= 15 is 0 Å². The maximum Gasteiger partial charge on any atom is 0.325 e. The first kappa shape index (κ1) is 13.0. The quantitative estimate of drug-likeness (QED) is 0.648. The van der Waals surface area contributed by atoms with E-state index in [0.29, 0.717) is 11.3 Å². The molecule has 7 nitrogen and oxygen atoms in total. The fraction of sp³-hybridized carbons (Fsp3) is 0.250. The van der Waals surface area contributed by atoms with Crippen LogP contribution in [0.5, 0.6) is 0 Å². The number of rotatable bonds is 4. The van der Waals surface area contributed by atoms with E-state index in [9.17, 15) is 14.4 Å². The van der Waals surface area contributed by atoms with Gasteiger partial charge in [0.25, 0.3) is 5.91 Å². The van der Waals surface area contributed by atoms with Gasteiger partial charge in [0.2, 0.25) is 5.91 Å². The molecule has 1 aliphatic rings.